The van der Waals surface area contributed by atoms with Gasteiger partial charge in [0.05, 0.1) is 16.9 Å². The SMILES string of the molecule is Cc1ncc(F)cc1Cl. The van der Waals surface area contributed by atoms with Gasteiger partial charge in [0.15, 0.2) is 0 Å². The van der Waals surface area contributed by atoms with Gasteiger partial charge in [-0.15, -0.1) is 0 Å². The van der Waals surface area contributed by atoms with Crippen molar-refractivity contribution in [2.24, 2.45) is 0 Å². The lowest BCUT2D eigenvalue weighted by Crippen LogP contribution is -1.82. The van der Waals surface area contributed by atoms with E-state index in [1.165, 1.54) is 6.07 Å². The van der Waals surface area contributed by atoms with Gasteiger partial charge < -0.3 is 0 Å². The third-order valence-electron chi connectivity index (χ3n) is 0.992. The Bertz CT molecular complexity index is 224. The van der Waals surface area contributed by atoms with Gasteiger partial charge in [-0.3, -0.25) is 4.98 Å². The Morgan fingerprint density at radius 3 is 2.78 bits per heavy atom. The molecule has 0 amide bonds. The van der Waals surface area contributed by atoms with Crippen molar-refractivity contribution in [1.82, 2.24) is 4.98 Å². The van der Waals surface area contributed by atoms with Crippen LogP contribution in [0.5, 0.6) is 0 Å². The largest absolute Gasteiger partial charge is 0.257 e. The van der Waals surface area contributed by atoms with Gasteiger partial charge in [0.25, 0.3) is 0 Å². The Morgan fingerprint density at radius 1 is 1.67 bits per heavy atom. The lowest BCUT2D eigenvalue weighted by molar-refractivity contribution is 0.620. The van der Waals surface area contributed by atoms with E-state index in [4.69, 9.17) is 11.6 Å². The Kier molecular flexibility index (Phi) is 1.67. The highest BCUT2D eigenvalue weighted by Crippen LogP contribution is 2.12. The predicted octanol–water partition coefficient (Wildman–Crippen LogP) is 2.18. The van der Waals surface area contributed by atoms with Crippen LogP contribution in [0.4, 0.5) is 4.39 Å². The Labute approximate surface area is 57.5 Å². The van der Waals surface area contributed by atoms with E-state index < -0.39 is 5.82 Å². The van der Waals surface area contributed by atoms with Crippen LogP contribution in [0.3, 0.4) is 0 Å². The Morgan fingerprint density at radius 2 is 2.33 bits per heavy atom. The fourth-order valence-electron chi connectivity index (χ4n) is 0.483. The molecule has 1 nitrogen and oxygen atoms in total. The van der Waals surface area contributed by atoms with Crippen molar-refractivity contribution in [3.05, 3.63) is 28.8 Å². The highest BCUT2D eigenvalue weighted by atomic mass is 35.5. The minimum Gasteiger partial charge on any atom is -0.257 e. The first-order valence-electron chi connectivity index (χ1n) is 2.48. The molecule has 0 N–H and O–H groups in total. The van der Waals surface area contributed by atoms with E-state index in [-0.39, 0.29) is 0 Å². The molecule has 0 radical (unpaired) electrons. The molecule has 1 aromatic heterocycles. The van der Waals surface area contributed by atoms with Crippen LogP contribution in [0.1, 0.15) is 5.69 Å². The Hall–Kier alpha value is -0.630. The van der Waals surface area contributed by atoms with E-state index in [9.17, 15) is 4.39 Å². The normalized spacial score (nSPS) is 9.67. The van der Waals surface area contributed by atoms with Gasteiger partial charge >= 0.3 is 0 Å². The van der Waals surface area contributed by atoms with Gasteiger partial charge in [-0.25, -0.2) is 4.39 Å². The van der Waals surface area contributed by atoms with Gasteiger partial charge in [-0.2, -0.15) is 0 Å². The second-order valence-electron chi connectivity index (χ2n) is 1.72. The van der Waals surface area contributed by atoms with Crippen molar-refractivity contribution >= 4 is 11.6 Å². The maximum absolute atomic E-state index is 12.2. The second-order valence-corrected chi connectivity index (χ2v) is 2.13. The molecular formula is C6H5ClFN. The lowest BCUT2D eigenvalue weighted by Gasteiger charge is -1.92. The monoisotopic (exact) mass is 145 g/mol. The summed E-state index contributed by atoms with van der Waals surface area (Å²) in [4.78, 5) is 3.67. The summed E-state index contributed by atoms with van der Waals surface area (Å²) < 4.78 is 12.2. The van der Waals surface area contributed by atoms with E-state index in [1.807, 2.05) is 0 Å². The maximum Gasteiger partial charge on any atom is 0.142 e. The number of hydrogen-bond donors (Lipinski definition) is 0. The minimum atomic E-state index is -0.398. The smallest absolute Gasteiger partial charge is 0.142 e. The van der Waals surface area contributed by atoms with Gasteiger partial charge in [-0.1, -0.05) is 11.6 Å². The van der Waals surface area contributed by atoms with Gasteiger partial charge in [-0.05, 0) is 13.0 Å². The molecule has 9 heavy (non-hydrogen) atoms. The molecule has 0 spiro atoms. The predicted molar refractivity (Wildman–Crippen MR) is 33.9 cm³/mol. The molecule has 0 aliphatic rings. The van der Waals surface area contributed by atoms with Crippen LogP contribution in [0.2, 0.25) is 5.02 Å². The zero-order chi connectivity index (χ0) is 6.85. The molecule has 3 heteroatoms. The first-order chi connectivity index (χ1) is 4.20. The maximum atomic E-state index is 12.2. The summed E-state index contributed by atoms with van der Waals surface area (Å²) in [6.45, 7) is 1.72. The third kappa shape index (κ3) is 1.39. The molecule has 0 saturated heterocycles. The molecule has 48 valence electrons. The topological polar surface area (TPSA) is 12.9 Å². The van der Waals surface area contributed by atoms with Crippen LogP contribution in [0.25, 0.3) is 0 Å². The fourth-order valence-corrected chi connectivity index (χ4v) is 0.636. The molecule has 0 fully saturated rings. The molecular weight excluding hydrogens is 141 g/mol. The van der Waals surface area contributed by atoms with Crippen LogP contribution in [-0.2, 0) is 0 Å². The van der Waals surface area contributed by atoms with Gasteiger partial charge in [0, 0.05) is 0 Å². The minimum absolute atomic E-state index is 0.370. The number of halogens is 2. The molecule has 0 aromatic carbocycles. The number of hydrogen-bond acceptors (Lipinski definition) is 1. The number of pyridine rings is 1. The van der Waals surface area contributed by atoms with Crippen LogP contribution < -0.4 is 0 Å². The van der Waals surface area contributed by atoms with Crippen molar-refractivity contribution < 1.29 is 4.39 Å². The summed E-state index contributed by atoms with van der Waals surface area (Å²) in [5, 5.41) is 0.370. The zero-order valence-electron chi connectivity index (χ0n) is 4.86. The van der Waals surface area contributed by atoms with E-state index in [2.05, 4.69) is 4.98 Å². The average Bonchev–Trinajstić information content (AvgIpc) is 1.80. The van der Waals surface area contributed by atoms with Crippen molar-refractivity contribution in [1.29, 1.82) is 0 Å². The van der Waals surface area contributed by atoms with Crippen LogP contribution in [0, 0.1) is 12.7 Å². The summed E-state index contributed by atoms with van der Waals surface area (Å²) >= 11 is 5.51. The number of rotatable bonds is 0. The average molecular weight is 146 g/mol. The van der Waals surface area contributed by atoms with E-state index >= 15 is 0 Å². The lowest BCUT2D eigenvalue weighted by atomic mass is 10.4. The van der Waals surface area contributed by atoms with Crippen molar-refractivity contribution in [2.45, 2.75) is 6.92 Å². The van der Waals surface area contributed by atoms with Crippen LogP contribution in [-0.4, -0.2) is 4.98 Å². The zero-order valence-corrected chi connectivity index (χ0v) is 5.61. The first kappa shape index (κ1) is 6.49. The molecule has 0 atom stereocenters. The second kappa shape index (κ2) is 2.31. The first-order valence-corrected chi connectivity index (χ1v) is 2.85. The molecule has 0 bridgehead atoms. The van der Waals surface area contributed by atoms with Gasteiger partial charge in [0.2, 0.25) is 0 Å². The number of aromatic nitrogens is 1. The number of aryl methyl sites for hydroxylation is 1. The van der Waals surface area contributed by atoms with E-state index in [1.54, 1.807) is 6.92 Å². The van der Waals surface area contributed by atoms with Crippen molar-refractivity contribution in [3.63, 3.8) is 0 Å². The standard InChI is InChI=1S/C6H5ClFN/c1-4-6(7)2-5(8)3-9-4/h2-3H,1H3. The van der Waals surface area contributed by atoms with Crippen molar-refractivity contribution in [2.75, 3.05) is 0 Å². The molecule has 0 saturated carbocycles. The van der Waals surface area contributed by atoms with E-state index in [0.29, 0.717) is 10.7 Å². The Balaban J connectivity index is 3.17. The van der Waals surface area contributed by atoms with Crippen molar-refractivity contribution in [3.8, 4) is 0 Å². The van der Waals surface area contributed by atoms with E-state index in [0.717, 1.165) is 6.20 Å². The fraction of sp³-hybridized carbons (Fsp3) is 0.167. The highest BCUT2D eigenvalue weighted by Gasteiger charge is 1.95. The molecule has 0 aliphatic carbocycles. The molecule has 0 aliphatic heterocycles. The molecule has 0 unspecified atom stereocenters. The summed E-state index contributed by atoms with van der Waals surface area (Å²) in [6, 6.07) is 1.24. The van der Waals surface area contributed by atoms with Crippen LogP contribution >= 0.6 is 11.6 Å². The third-order valence-corrected chi connectivity index (χ3v) is 1.37. The quantitative estimate of drug-likeness (QED) is 0.545. The highest BCUT2D eigenvalue weighted by molar-refractivity contribution is 6.31. The summed E-state index contributed by atoms with van der Waals surface area (Å²) in [5.41, 5.74) is 0.651. The summed E-state index contributed by atoms with van der Waals surface area (Å²) in [6.07, 6.45) is 1.14. The van der Waals surface area contributed by atoms with Crippen LogP contribution in [0.15, 0.2) is 12.3 Å². The number of nitrogens with zero attached hydrogens (tertiary/aromatic N) is 1. The molecule has 1 aromatic rings. The summed E-state index contributed by atoms with van der Waals surface area (Å²) in [7, 11) is 0. The van der Waals surface area contributed by atoms with Gasteiger partial charge in [0.1, 0.15) is 5.82 Å². The molecule has 1 rings (SSSR count). The molecule has 1 heterocycles. The summed E-state index contributed by atoms with van der Waals surface area (Å²) in [5.74, 6) is -0.398.